The minimum Gasteiger partial charge on any atom is -0.493 e. The van der Waals surface area contributed by atoms with Crippen molar-refractivity contribution in [3.05, 3.63) is 62.4 Å². The van der Waals surface area contributed by atoms with Crippen molar-refractivity contribution in [3.63, 3.8) is 0 Å². The molecule has 0 amide bonds. The second-order valence-electron chi connectivity index (χ2n) is 8.34. The summed E-state index contributed by atoms with van der Waals surface area (Å²) in [5.74, 6) is 2.08. The number of aromatic nitrogens is 3. The number of nitrogens with zero attached hydrogens (tertiary/aromatic N) is 3. The van der Waals surface area contributed by atoms with Gasteiger partial charge in [-0.05, 0) is 34.8 Å². The molecule has 0 bridgehead atoms. The van der Waals surface area contributed by atoms with Gasteiger partial charge in [0.1, 0.15) is 0 Å². The predicted molar refractivity (Wildman–Crippen MR) is 126 cm³/mol. The number of rotatable bonds is 5. The zero-order valence-electron chi connectivity index (χ0n) is 18.9. The van der Waals surface area contributed by atoms with Gasteiger partial charge in [0.15, 0.2) is 17.3 Å². The zero-order chi connectivity index (χ0) is 23.0. The molecule has 0 atom stereocenters. The van der Waals surface area contributed by atoms with Crippen molar-refractivity contribution in [2.24, 2.45) is 0 Å². The summed E-state index contributed by atoms with van der Waals surface area (Å²) in [6, 6.07) is 11.7. The second-order valence-corrected chi connectivity index (χ2v) is 9.35. The fraction of sp³-hybridized carbons (Fsp3) is 0.292. The van der Waals surface area contributed by atoms with Gasteiger partial charge >= 0.3 is 0 Å². The van der Waals surface area contributed by atoms with E-state index in [0.717, 1.165) is 11.1 Å². The Morgan fingerprint density at radius 2 is 1.56 bits per heavy atom. The molecule has 0 radical (unpaired) electrons. The third-order valence-corrected chi connectivity index (χ3v) is 6.20. The molecule has 0 N–H and O–H groups in total. The maximum atomic E-state index is 13.2. The van der Waals surface area contributed by atoms with Crippen molar-refractivity contribution in [2.75, 3.05) is 21.3 Å². The molecule has 0 unspecified atom stereocenters. The zero-order valence-corrected chi connectivity index (χ0v) is 19.7. The van der Waals surface area contributed by atoms with Gasteiger partial charge in [0.25, 0.3) is 5.56 Å². The van der Waals surface area contributed by atoms with Crippen LogP contribution in [-0.2, 0) is 5.41 Å². The molecule has 2 aromatic carbocycles. The van der Waals surface area contributed by atoms with Crippen LogP contribution >= 0.6 is 11.3 Å². The van der Waals surface area contributed by atoms with E-state index in [-0.39, 0.29) is 11.0 Å². The summed E-state index contributed by atoms with van der Waals surface area (Å²) in [7, 11) is 4.67. The highest BCUT2D eigenvalue weighted by Gasteiger charge is 2.17. The van der Waals surface area contributed by atoms with Crippen molar-refractivity contribution in [2.45, 2.75) is 26.2 Å². The first-order valence-electron chi connectivity index (χ1n) is 10.1. The SMILES string of the molecule is COc1cc(/C=c2\sc3nnc(-c4ccc(C(C)(C)C)cc4)n3c2=O)cc(OC)c1OC. The first kappa shape index (κ1) is 21.8. The van der Waals surface area contributed by atoms with Gasteiger partial charge in [0, 0.05) is 5.56 Å². The highest BCUT2D eigenvalue weighted by atomic mass is 32.1. The molecule has 8 heteroatoms. The smallest absolute Gasteiger partial charge is 0.276 e. The molecule has 4 aromatic rings. The van der Waals surface area contributed by atoms with Crippen molar-refractivity contribution >= 4 is 22.4 Å². The molecule has 0 spiro atoms. The van der Waals surface area contributed by atoms with Gasteiger partial charge in [-0.1, -0.05) is 56.4 Å². The molecular weight excluding hydrogens is 426 g/mol. The van der Waals surface area contributed by atoms with E-state index in [9.17, 15) is 4.79 Å². The molecule has 4 rings (SSSR count). The lowest BCUT2D eigenvalue weighted by atomic mass is 9.87. The Hall–Kier alpha value is -3.39. The van der Waals surface area contributed by atoms with Gasteiger partial charge in [-0.15, -0.1) is 10.2 Å². The first-order valence-corrected chi connectivity index (χ1v) is 10.9. The molecule has 0 aliphatic carbocycles. The summed E-state index contributed by atoms with van der Waals surface area (Å²) < 4.78 is 18.3. The molecule has 32 heavy (non-hydrogen) atoms. The van der Waals surface area contributed by atoms with Gasteiger partial charge < -0.3 is 14.2 Å². The highest BCUT2D eigenvalue weighted by molar-refractivity contribution is 7.15. The van der Waals surface area contributed by atoms with E-state index in [1.807, 2.05) is 12.1 Å². The molecule has 7 nitrogen and oxygen atoms in total. The number of benzene rings is 2. The number of thiazole rings is 1. The monoisotopic (exact) mass is 451 g/mol. The van der Waals surface area contributed by atoms with Crippen molar-refractivity contribution in [1.82, 2.24) is 14.6 Å². The largest absolute Gasteiger partial charge is 0.493 e. The van der Waals surface area contributed by atoms with Crippen LogP contribution in [0.2, 0.25) is 0 Å². The lowest BCUT2D eigenvalue weighted by Gasteiger charge is -2.18. The van der Waals surface area contributed by atoms with Crippen molar-refractivity contribution in [3.8, 4) is 28.6 Å². The molecule has 0 saturated heterocycles. The molecular formula is C24H25N3O4S. The van der Waals surface area contributed by atoms with Crippen LogP contribution in [-0.4, -0.2) is 35.9 Å². The lowest BCUT2D eigenvalue weighted by Crippen LogP contribution is -2.23. The van der Waals surface area contributed by atoms with Gasteiger partial charge in [-0.3, -0.25) is 4.79 Å². The number of methoxy groups -OCH3 is 3. The molecule has 0 aliphatic rings. The standard InChI is InChI=1S/C24H25N3O4S/c1-24(2,3)16-9-7-15(8-10-16)21-25-26-23-27(21)22(28)19(32-23)13-14-11-17(29-4)20(31-6)18(12-14)30-5/h7-13H,1-6H3/b19-13-. The summed E-state index contributed by atoms with van der Waals surface area (Å²) in [5.41, 5.74) is 2.70. The van der Waals surface area contributed by atoms with E-state index >= 15 is 0 Å². The fourth-order valence-corrected chi connectivity index (χ4v) is 4.42. The lowest BCUT2D eigenvalue weighted by molar-refractivity contribution is 0.324. The van der Waals surface area contributed by atoms with Crippen LogP contribution in [0.25, 0.3) is 22.4 Å². The summed E-state index contributed by atoms with van der Waals surface area (Å²) in [6.07, 6.45) is 1.79. The van der Waals surface area contributed by atoms with Crippen LogP contribution < -0.4 is 24.3 Å². The van der Waals surface area contributed by atoms with Crippen LogP contribution in [0, 0.1) is 0 Å². The topological polar surface area (TPSA) is 75.0 Å². The summed E-state index contributed by atoms with van der Waals surface area (Å²) >= 11 is 1.29. The van der Waals surface area contributed by atoms with Crippen molar-refractivity contribution < 1.29 is 14.2 Å². The minimum absolute atomic E-state index is 0.0490. The number of hydrogen-bond acceptors (Lipinski definition) is 7. The minimum atomic E-state index is -0.168. The van der Waals surface area contributed by atoms with Crippen LogP contribution in [0.1, 0.15) is 31.9 Å². The average molecular weight is 452 g/mol. The van der Waals surface area contributed by atoms with Gasteiger partial charge in [-0.2, -0.15) is 0 Å². The van der Waals surface area contributed by atoms with Gasteiger partial charge in [-0.25, -0.2) is 4.40 Å². The molecule has 2 aromatic heterocycles. The Labute approximate surface area is 189 Å². The van der Waals surface area contributed by atoms with Gasteiger partial charge in [0.2, 0.25) is 10.7 Å². The molecule has 166 valence electrons. The third-order valence-electron chi connectivity index (χ3n) is 5.24. The van der Waals surface area contributed by atoms with E-state index < -0.39 is 0 Å². The Balaban J connectivity index is 1.82. The van der Waals surface area contributed by atoms with Crippen molar-refractivity contribution in [1.29, 1.82) is 0 Å². The van der Waals surface area contributed by atoms with E-state index in [1.165, 1.54) is 16.9 Å². The Morgan fingerprint density at radius 3 is 2.09 bits per heavy atom. The quantitative estimate of drug-likeness (QED) is 0.461. The molecule has 0 fully saturated rings. The number of fused-ring (bicyclic) bond motifs is 1. The fourth-order valence-electron chi connectivity index (χ4n) is 3.50. The number of ether oxygens (including phenoxy) is 3. The summed E-state index contributed by atoms with van der Waals surface area (Å²) in [4.78, 5) is 13.8. The third kappa shape index (κ3) is 3.82. The van der Waals surface area contributed by atoms with Crippen LogP contribution in [0.4, 0.5) is 0 Å². The van der Waals surface area contributed by atoms with E-state index in [0.29, 0.717) is 32.6 Å². The molecule has 0 saturated carbocycles. The Bertz CT molecular complexity index is 1360. The van der Waals surface area contributed by atoms with Crippen LogP contribution in [0.5, 0.6) is 17.2 Å². The van der Waals surface area contributed by atoms with E-state index in [1.54, 1.807) is 43.9 Å². The van der Waals surface area contributed by atoms with Crippen LogP contribution in [0.15, 0.2) is 41.2 Å². The van der Waals surface area contributed by atoms with Crippen LogP contribution in [0.3, 0.4) is 0 Å². The number of hydrogen-bond donors (Lipinski definition) is 0. The predicted octanol–water partition coefficient (Wildman–Crippen LogP) is 3.69. The Morgan fingerprint density at radius 1 is 0.938 bits per heavy atom. The molecule has 0 aliphatic heterocycles. The molecule has 2 heterocycles. The van der Waals surface area contributed by atoms with Gasteiger partial charge in [0.05, 0.1) is 25.9 Å². The maximum Gasteiger partial charge on any atom is 0.276 e. The Kier molecular flexibility index (Phi) is 5.64. The maximum absolute atomic E-state index is 13.2. The normalized spacial score (nSPS) is 12.4. The average Bonchev–Trinajstić information content (AvgIpc) is 3.32. The van der Waals surface area contributed by atoms with E-state index in [2.05, 4.69) is 43.1 Å². The van der Waals surface area contributed by atoms with E-state index in [4.69, 9.17) is 14.2 Å². The second kappa shape index (κ2) is 8.27. The summed E-state index contributed by atoms with van der Waals surface area (Å²) in [6.45, 7) is 6.49. The highest BCUT2D eigenvalue weighted by Crippen LogP contribution is 2.38. The first-order chi connectivity index (χ1) is 15.3. The summed E-state index contributed by atoms with van der Waals surface area (Å²) in [5, 5.41) is 8.48.